The lowest BCUT2D eigenvalue weighted by Crippen LogP contribution is -2.37. The molecule has 18 heavy (non-hydrogen) atoms. The van der Waals surface area contributed by atoms with Gasteiger partial charge < -0.3 is 4.90 Å². The third kappa shape index (κ3) is 2.65. The van der Waals surface area contributed by atoms with Gasteiger partial charge in [-0.15, -0.1) is 11.3 Å². The summed E-state index contributed by atoms with van der Waals surface area (Å²) in [6, 6.07) is 3.98. The lowest BCUT2D eigenvalue weighted by molar-refractivity contribution is -0.117. The van der Waals surface area contributed by atoms with Crippen molar-refractivity contribution < 1.29 is 9.59 Å². The van der Waals surface area contributed by atoms with Crippen molar-refractivity contribution >= 4 is 29.1 Å². The van der Waals surface area contributed by atoms with Gasteiger partial charge in [0.15, 0.2) is 0 Å². The second-order valence-electron chi connectivity index (χ2n) is 3.85. The summed E-state index contributed by atoms with van der Waals surface area (Å²) in [5, 5.41) is 4.52. The molecule has 5 nitrogen and oxygen atoms in total. The topological polar surface area (TPSA) is 61.8 Å². The van der Waals surface area contributed by atoms with Gasteiger partial charge in [-0.3, -0.25) is 14.9 Å². The van der Waals surface area contributed by atoms with Crippen molar-refractivity contribution in [3.05, 3.63) is 34.2 Å². The van der Waals surface area contributed by atoms with E-state index in [9.17, 15) is 9.59 Å². The molecule has 0 radical (unpaired) electrons. The number of rotatable bonds is 2. The zero-order valence-corrected chi connectivity index (χ0v) is 11.0. The number of carbonyl (C=O) groups excluding carboxylic acids is 2. The third-order valence-electron chi connectivity index (χ3n) is 2.47. The van der Waals surface area contributed by atoms with Gasteiger partial charge in [0.2, 0.25) is 11.9 Å². The first-order valence-corrected chi connectivity index (χ1v) is 6.33. The molecule has 0 saturated heterocycles. The van der Waals surface area contributed by atoms with Crippen molar-refractivity contribution in [2.45, 2.75) is 13.3 Å². The number of aliphatic imine (C=N–C) groups is 1. The van der Waals surface area contributed by atoms with Crippen LogP contribution < -0.4 is 5.32 Å². The van der Waals surface area contributed by atoms with Crippen LogP contribution in [-0.4, -0.2) is 29.7 Å². The highest BCUT2D eigenvalue weighted by Gasteiger charge is 2.26. The normalized spacial score (nSPS) is 17.2. The molecule has 2 amide bonds. The quantitative estimate of drug-likeness (QED) is 0.814. The Morgan fingerprint density at radius 1 is 1.61 bits per heavy atom. The number of carbonyl (C=O) groups is 2. The fourth-order valence-electron chi connectivity index (χ4n) is 1.61. The molecule has 0 aliphatic carbocycles. The van der Waals surface area contributed by atoms with Crippen molar-refractivity contribution in [3.63, 3.8) is 0 Å². The number of hydrogen-bond acceptors (Lipinski definition) is 4. The standard InChI is InChI=1S/C12H13N3O2S/c1-8(16)13-12-14-11(17)10(15(12)2)6-5-9-4-3-7-18-9/h3-4,6-7H,5H2,1-2H3,(H,13,14,16,17)/b10-6-. The van der Waals surface area contributed by atoms with Crippen molar-refractivity contribution in [1.29, 1.82) is 0 Å². The molecule has 2 rings (SSSR count). The Hall–Kier alpha value is -1.95. The molecule has 0 fully saturated rings. The van der Waals surface area contributed by atoms with Gasteiger partial charge in [-0.1, -0.05) is 6.07 Å². The number of nitrogens with zero attached hydrogens (tertiary/aromatic N) is 2. The van der Waals surface area contributed by atoms with E-state index in [1.165, 1.54) is 11.8 Å². The Morgan fingerprint density at radius 3 is 3.00 bits per heavy atom. The maximum atomic E-state index is 11.7. The highest BCUT2D eigenvalue weighted by Crippen LogP contribution is 2.16. The second kappa shape index (κ2) is 5.14. The van der Waals surface area contributed by atoms with E-state index < -0.39 is 0 Å². The Bertz CT molecular complexity index is 532. The molecular weight excluding hydrogens is 250 g/mol. The zero-order valence-electron chi connectivity index (χ0n) is 10.1. The maximum absolute atomic E-state index is 11.7. The smallest absolute Gasteiger partial charge is 0.296 e. The molecular formula is C12H13N3O2S. The van der Waals surface area contributed by atoms with Crippen molar-refractivity contribution in [2.75, 3.05) is 7.05 Å². The summed E-state index contributed by atoms with van der Waals surface area (Å²) >= 11 is 1.64. The van der Waals surface area contributed by atoms with Crippen LogP contribution in [0.1, 0.15) is 11.8 Å². The number of likely N-dealkylation sites (N-methyl/N-ethyl adjacent to an activating group) is 1. The Balaban J connectivity index is 2.10. The van der Waals surface area contributed by atoms with E-state index in [0.29, 0.717) is 12.1 Å². The van der Waals surface area contributed by atoms with Crippen LogP contribution in [0.4, 0.5) is 0 Å². The predicted octanol–water partition coefficient (Wildman–Crippen LogP) is 1.14. The summed E-state index contributed by atoms with van der Waals surface area (Å²) in [5.41, 5.74) is 0.493. The minimum Gasteiger partial charge on any atom is -0.310 e. The molecule has 0 bridgehead atoms. The average Bonchev–Trinajstić information content (AvgIpc) is 2.87. The number of guanidine groups is 1. The second-order valence-corrected chi connectivity index (χ2v) is 4.89. The number of hydrogen-bond donors (Lipinski definition) is 1. The Kier molecular flexibility index (Phi) is 3.57. The van der Waals surface area contributed by atoms with E-state index in [0.717, 1.165) is 0 Å². The first kappa shape index (κ1) is 12.5. The fraction of sp³-hybridized carbons (Fsp3) is 0.250. The lowest BCUT2D eigenvalue weighted by atomic mass is 10.2. The average molecular weight is 263 g/mol. The SMILES string of the molecule is CC(=O)NC1=NC(=O)/C(=C/Cc2cccs2)N1C. The molecule has 0 aromatic carbocycles. The molecule has 2 heterocycles. The molecule has 1 aliphatic heterocycles. The molecule has 94 valence electrons. The molecule has 0 atom stereocenters. The zero-order chi connectivity index (χ0) is 13.1. The minimum absolute atomic E-state index is 0.243. The largest absolute Gasteiger partial charge is 0.310 e. The summed E-state index contributed by atoms with van der Waals surface area (Å²) in [6.07, 6.45) is 2.51. The van der Waals surface area contributed by atoms with Gasteiger partial charge >= 0.3 is 0 Å². The van der Waals surface area contributed by atoms with E-state index in [2.05, 4.69) is 10.3 Å². The van der Waals surface area contributed by atoms with Gasteiger partial charge in [-0.25, -0.2) is 0 Å². The van der Waals surface area contributed by atoms with Crippen LogP contribution in [0.5, 0.6) is 0 Å². The predicted molar refractivity (Wildman–Crippen MR) is 70.1 cm³/mol. The van der Waals surface area contributed by atoms with E-state index >= 15 is 0 Å². The van der Waals surface area contributed by atoms with Gasteiger partial charge in [0.25, 0.3) is 5.91 Å². The molecule has 1 N–H and O–H groups in total. The number of amides is 2. The van der Waals surface area contributed by atoms with Gasteiger partial charge in [0.05, 0.1) is 0 Å². The maximum Gasteiger partial charge on any atom is 0.296 e. The molecule has 1 aromatic heterocycles. The van der Waals surface area contributed by atoms with E-state index in [-0.39, 0.29) is 17.8 Å². The van der Waals surface area contributed by atoms with Crippen molar-refractivity contribution in [2.24, 2.45) is 4.99 Å². The lowest BCUT2D eigenvalue weighted by Gasteiger charge is -2.14. The summed E-state index contributed by atoms with van der Waals surface area (Å²) in [7, 11) is 1.71. The van der Waals surface area contributed by atoms with Crippen LogP contribution in [0.3, 0.4) is 0 Å². The summed E-state index contributed by atoms with van der Waals surface area (Å²) in [5.74, 6) is -0.282. The molecule has 0 unspecified atom stereocenters. The molecule has 1 aromatic rings. The first-order valence-electron chi connectivity index (χ1n) is 5.45. The Labute approximate surface area is 109 Å². The van der Waals surface area contributed by atoms with Crippen LogP contribution in [0.15, 0.2) is 34.3 Å². The first-order chi connectivity index (χ1) is 8.58. The highest BCUT2D eigenvalue weighted by molar-refractivity contribution is 7.09. The fourth-order valence-corrected chi connectivity index (χ4v) is 2.27. The minimum atomic E-state index is -0.321. The van der Waals surface area contributed by atoms with Crippen LogP contribution >= 0.6 is 11.3 Å². The van der Waals surface area contributed by atoms with E-state index in [4.69, 9.17) is 0 Å². The number of nitrogens with one attached hydrogen (secondary N) is 1. The number of allylic oxidation sites excluding steroid dienone is 1. The highest BCUT2D eigenvalue weighted by atomic mass is 32.1. The van der Waals surface area contributed by atoms with Gasteiger partial charge in [-0.2, -0.15) is 4.99 Å². The molecule has 0 spiro atoms. The summed E-state index contributed by atoms with van der Waals surface area (Å²) in [6.45, 7) is 1.38. The Morgan fingerprint density at radius 2 is 2.39 bits per heavy atom. The van der Waals surface area contributed by atoms with Crippen LogP contribution in [0.2, 0.25) is 0 Å². The van der Waals surface area contributed by atoms with Gasteiger partial charge in [-0.05, 0) is 17.5 Å². The van der Waals surface area contributed by atoms with E-state index in [1.54, 1.807) is 23.3 Å². The van der Waals surface area contributed by atoms with Crippen LogP contribution in [0, 0.1) is 0 Å². The molecule has 6 heteroatoms. The monoisotopic (exact) mass is 263 g/mol. The third-order valence-corrected chi connectivity index (χ3v) is 3.37. The summed E-state index contributed by atoms with van der Waals surface area (Å²) in [4.78, 5) is 29.2. The molecule has 0 saturated carbocycles. The number of thiophene rings is 1. The summed E-state index contributed by atoms with van der Waals surface area (Å²) < 4.78 is 0. The van der Waals surface area contributed by atoms with Gasteiger partial charge in [0, 0.05) is 25.3 Å². The molecule has 1 aliphatic rings. The van der Waals surface area contributed by atoms with Crippen molar-refractivity contribution in [3.8, 4) is 0 Å². The van der Waals surface area contributed by atoms with Crippen LogP contribution in [-0.2, 0) is 16.0 Å². The van der Waals surface area contributed by atoms with E-state index in [1.807, 2.05) is 23.6 Å². The van der Waals surface area contributed by atoms with Gasteiger partial charge in [0.1, 0.15) is 5.70 Å². The van der Waals surface area contributed by atoms with Crippen molar-refractivity contribution in [1.82, 2.24) is 10.2 Å². The van der Waals surface area contributed by atoms with Crippen LogP contribution in [0.25, 0.3) is 0 Å².